The fourth-order valence-electron chi connectivity index (χ4n) is 3.78. The SMILES string of the molecule is CN=C(NCCCCN1CCC(C)CC1)NC1CCN(C(=O)C(C)C)C1.I. The van der Waals surface area contributed by atoms with E-state index in [4.69, 9.17) is 0 Å². The van der Waals surface area contributed by atoms with Gasteiger partial charge in [-0.2, -0.15) is 0 Å². The number of carbonyl (C=O) groups is 1. The first-order valence-electron chi connectivity index (χ1n) is 10.5. The average Bonchev–Trinajstić information content (AvgIpc) is 3.09. The summed E-state index contributed by atoms with van der Waals surface area (Å²) in [5.41, 5.74) is 0. The second-order valence-corrected chi connectivity index (χ2v) is 8.30. The van der Waals surface area contributed by atoms with E-state index in [1.807, 2.05) is 25.8 Å². The summed E-state index contributed by atoms with van der Waals surface area (Å²) >= 11 is 0. The van der Waals surface area contributed by atoms with Crippen LogP contribution in [0.5, 0.6) is 0 Å². The molecule has 2 saturated heterocycles. The van der Waals surface area contributed by atoms with Crippen LogP contribution in [0.2, 0.25) is 0 Å². The number of piperidine rings is 1. The Balaban J connectivity index is 0.00000364. The molecule has 2 aliphatic heterocycles. The topological polar surface area (TPSA) is 60.0 Å². The molecule has 0 aromatic rings. The third-order valence-electron chi connectivity index (χ3n) is 5.63. The van der Waals surface area contributed by atoms with Crippen LogP contribution < -0.4 is 10.6 Å². The molecule has 158 valence electrons. The molecule has 0 bridgehead atoms. The maximum atomic E-state index is 12.1. The van der Waals surface area contributed by atoms with Gasteiger partial charge in [0.05, 0.1) is 0 Å². The molecule has 27 heavy (non-hydrogen) atoms. The highest BCUT2D eigenvalue weighted by Crippen LogP contribution is 2.16. The zero-order valence-corrected chi connectivity index (χ0v) is 20.0. The van der Waals surface area contributed by atoms with Crippen LogP contribution in [-0.4, -0.2) is 74.0 Å². The van der Waals surface area contributed by atoms with E-state index >= 15 is 0 Å². The van der Waals surface area contributed by atoms with E-state index in [0.717, 1.165) is 44.4 Å². The molecule has 0 aromatic carbocycles. The van der Waals surface area contributed by atoms with Crippen molar-refractivity contribution in [2.24, 2.45) is 16.8 Å². The summed E-state index contributed by atoms with van der Waals surface area (Å²) in [4.78, 5) is 21.0. The minimum atomic E-state index is 0. The first-order chi connectivity index (χ1) is 12.5. The van der Waals surface area contributed by atoms with Crippen LogP contribution in [0.1, 0.15) is 52.9 Å². The van der Waals surface area contributed by atoms with Crippen molar-refractivity contribution in [3.05, 3.63) is 0 Å². The van der Waals surface area contributed by atoms with Gasteiger partial charge < -0.3 is 20.4 Å². The molecule has 0 aromatic heterocycles. The van der Waals surface area contributed by atoms with Crippen LogP contribution in [0.25, 0.3) is 0 Å². The Bertz CT molecular complexity index is 463. The molecule has 0 aliphatic carbocycles. The van der Waals surface area contributed by atoms with E-state index in [9.17, 15) is 4.79 Å². The van der Waals surface area contributed by atoms with Crippen LogP contribution >= 0.6 is 24.0 Å². The van der Waals surface area contributed by atoms with Crippen molar-refractivity contribution in [3.63, 3.8) is 0 Å². The summed E-state index contributed by atoms with van der Waals surface area (Å²) in [6.07, 6.45) is 6.10. The fourth-order valence-corrected chi connectivity index (χ4v) is 3.78. The number of nitrogens with zero attached hydrogens (tertiary/aromatic N) is 3. The van der Waals surface area contributed by atoms with Gasteiger partial charge in [-0.25, -0.2) is 0 Å². The van der Waals surface area contributed by atoms with Crippen molar-refractivity contribution in [3.8, 4) is 0 Å². The van der Waals surface area contributed by atoms with Gasteiger partial charge in [0.2, 0.25) is 5.91 Å². The molecule has 1 amide bonds. The van der Waals surface area contributed by atoms with E-state index in [1.54, 1.807) is 0 Å². The minimum absolute atomic E-state index is 0. The average molecular weight is 493 g/mol. The Labute approximate surface area is 182 Å². The van der Waals surface area contributed by atoms with Crippen LogP contribution in [-0.2, 0) is 4.79 Å². The molecular weight excluding hydrogens is 453 g/mol. The molecule has 1 atom stereocenters. The normalized spacial score (nSPS) is 22.0. The molecular formula is C20H40IN5O. The molecule has 1 unspecified atom stereocenters. The fraction of sp³-hybridized carbons (Fsp3) is 0.900. The summed E-state index contributed by atoms with van der Waals surface area (Å²) in [6, 6.07) is 0.305. The number of carbonyl (C=O) groups excluding carboxylic acids is 1. The molecule has 7 heteroatoms. The molecule has 6 nitrogen and oxygen atoms in total. The summed E-state index contributed by atoms with van der Waals surface area (Å²) in [7, 11) is 1.82. The molecule has 2 N–H and O–H groups in total. The summed E-state index contributed by atoms with van der Waals surface area (Å²) < 4.78 is 0. The second-order valence-electron chi connectivity index (χ2n) is 8.30. The predicted octanol–water partition coefficient (Wildman–Crippen LogP) is 2.54. The predicted molar refractivity (Wildman–Crippen MR) is 124 cm³/mol. The van der Waals surface area contributed by atoms with E-state index in [-0.39, 0.29) is 35.8 Å². The van der Waals surface area contributed by atoms with E-state index in [1.165, 1.54) is 38.9 Å². The number of halogens is 1. The van der Waals surface area contributed by atoms with Crippen LogP contribution in [0.15, 0.2) is 4.99 Å². The number of nitrogens with one attached hydrogen (secondary N) is 2. The summed E-state index contributed by atoms with van der Waals surface area (Å²) in [5, 5.41) is 6.89. The summed E-state index contributed by atoms with van der Waals surface area (Å²) in [5.74, 6) is 2.10. The van der Waals surface area contributed by atoms with E-state index in [2.05, 4.69) is 27.4 Å². The number of hydrogen-bond acceptors (Lipinski definition) is 3. The highest BCUT2D eigenvalue weighted by molar-refractivity contribution is 14.0. The van der Waals surface area contributed by atoms with Gasteiger partial charge in [-0.15, -0.1) is 24.0 Å². The molecule has 0 radical (unpaired) electrons. The highest BCUT2D eigenvalue weighted by Gasteiger charge is 2.27. The number of hydrogen-bond donors (Lipinski definition) is 2. The van der Waals surface area contributed by atoms with Crippen molar-refractivity contribution in [2.75, 3.05) is 46.3 Å². The Hall–Kier alpha value is -0.570. The lowest BCUT2D eigenvalue weighted by molar-refractivity contribution is -0.133. The zero-order chi connectivity index (χ0) is 18.9. The largest absolute Gasteiger partial charge is 0.356 e. The number of amides is 1. The third kappa shape index (κ3) is 8.54. The van der Waals surface area contributed by atoms with Crippen molar-refractivity contribution < 1.29 is 4.79 Å². The monoisotopic (exact) mass is 493 g/mol. The van der Waals surface area contributed by atoms with Crippen molar-refractivity contribution >= 4 is 35.8 Å². The van der Waals surface area contributed by atoms with Gasteiger partial charge in [0, 0.05) is 38.6 Å². The van der Waals surface area contributed by atoms with Crippen molar-refractivity contribution in [2.45, 2.75) is 58.9 Å². The number of likely N-dealkylation sites (tertiary alicyclic amines) is 2. The standard InChI is InChI=1S/C20H39N5O.HI/c1-16(2)19(26)25-14-9-18(15-25)23-20(21-4)22-10-5-6-11-24-12-7-17(3)8-13-24;/h16-18H,5-15H2,1-4H3,(H2,21,22,23);1H. The van der Waals surface area contributed by atoms with Crippen LogP contribution in [0.4, 0.5) is 0 Å². The number of rotatable bonds is 7. The highest BCUT2D eigenvalue weighted by atomic mass is 127. The quantitative estimate of drug-likeness (QED) is 0.248. The molecule has 2 heterocycles. The Morgan fingerprint density at radius 2 is 1.85 bits per heavy atom. The number of aliphatic imine (C=N–C) groups is 1. The molecule has 0 saturated carbocycles. The minimum Gasteiger partial charge on any atom is -0.356 e. The second kappa shape index (κ2) is 12.8. The lowest BCUT2D eigenvalue weighted by Gasteiger charge is -2.30. The molecule has 2 fully saturated rings. The lowest BCUT2D eigenvalue weighted by atomic mass is 9.99. The molecule has 2 aliphatic rings. The Morgan fingerprint density at radius 1 is 1.15 bits per heavy atom. The number of unbranched alkanes of at least 4 members (excludes halogenated alkanes) is 1. The van der Waals surface area contributed by atoms with Crippen LogP contribution in [0, 0.1) is 11.8 Å². The third-order valence-corrected chi connectivity index (χ3v) is 5.63. The Morgan fingerprint density at radius 3 is 2.48 bits per heavy atom. The molecule has 0 spiro atoms. The lowest BCUT2D eigenvalue weighted by Crippen LogP contribution is -2.45. The number of guanidine groups is 1. The maximum Gasteiger partial charge on any atom is 0.225 e. The first kappa shape index (κ1) is 24.5. The van der Waals surface area contributed by atoms with Crippen molar-refractivity contribution in [1.29, 1.82) is 0 Å². The van der Waals surface area contributed by atoms with Gasteiger partial charge >= 0.3 is 0 Å². The zero-order valence-electron chi connectivity index (χ0n) is 17.7. The first-order valence-corrected chi connectivity index (χ1v) is 10.5. The van der Waals surface area contributed by atoms with Crippen molar-refractivity contribution in [1.82, 2.24) is 20.4 Å². The van der Waals surface area contributed by atoms with Gasteiger partial charge in [0.15, 0.2) is 5.96 Å². The summed E-state index contributed by atoms with van der Waals surface area (Å²) in [6.45, 7) is 12.6. The maximum absolute atomic E-state index is 12.1. The van der Waals surface area contributed by atoms with Crippen LogP contribution in [0.3, 0.4) is 0 Å². The van der Waals surface area contributed by atoms with Gasteiger partial charge in [0.1, 0.15) is 0 Å². The smallest absolute Gasteiger partial charge is 0.225 e. The Kier molecular flexibility index (Phi) is 11.6. The molecule has 2 rings (SSSR count). The van der Waals surface area contributed by atoms with Gasteiger partial charge in [0.25, 0.3) is 0 Å². The van der Waals surface area contributed by atoms with E-state index < -0.39 is 0 Å². The van der Waals surface area contributed by atoms with Gasteiger partial charge in [-0.3, -0.25) is 9.79 Å². The van der Waals surface area contributed by atoms with Gasteiger partial charge in [-0.1, -0.05) is 20.8 Å². The van der Waals surface area contributed by atoms with E-state index in [0.29, 0.717) is 6.04 Å². The van der Waals surface area contributed by atoms with Gasteiger partial charge in [-0.05, 0) is 57.7 Å².